The summed E-state index contributed by atoms with van der Waals surface area (Å²) in [6.07, 6.45) is 0.520. The van der Waals surface area contributed by atoms with Crippen molar-refractivity contribution in [2.24, 2.45) is 9.98 Å². The molecule has 0 saturated heterocycles. The van der Waals surface area contributed by atoms with E-state index in [1.54, 1.807) is 4.90 Å². The zero-order valence-corrected chi connectivity index (χ0v) is 20.5. The minimum atomic E-state index is -0.518. The predicted molar refractivity (Wildman–Crippen MR) is 141 cm³/mol. The summed E-state index contributed by atoms with van der Waals surface area (Å²) < 4.78 is 0. The van der Waals surface area contributed by atoms with Crippen molar-refractivity contribution in [1.29, 1.82) is 0 Å². The smallest absolute Gasteiger partial charge is 0.259 e. The lowest BCUT2D eigenvalue weighted by molar-refractivity contribution is -0.124. The number of carbonyl (C=O) groups is 2. The molecule has 2 atom stereocenters. The van der Waals surface area contributed by atoms with E-state index >= 15 is 0 Å². The first-order valence-electron chi connectivity index (χ1n) is 11.6. The summed E-state index contributed by atoms with van der Waals surface area (Å²) in [7, 11) is 0. The Balaban J connectivity index is 1.34. The van der Waals surface area contributed by atoms with E-state index in [0.717, 1.165) is 22.4 Å². The number of carbonyl (C=O) groups excluding carboxylic acids is 2. The van der Waals surface area contributed by atoms with Gasteiger partial charge in [0.1, 0.15) is 11.9 Å². The Morgan fingerprint density at radius 3 is 2.49 bits per heavy atom. The number of hydrogen-bond donors (Lipinski definition) is 1. The predicted octanol–water partition coefficient (Wildman–Crippen LogP) is 4.63. The number of fused-ring (bicyclic) bond motifs is 3. The van der Waals surface area contributed by atoms with E-state index in [-0.39, 0.29) is 11.8 Å². The molecule has 0 saturated carbocycles. The van der Waals surface area contributed by atoms with Gasteiger partial charge in [-0.15, -0.1) is 0 Å². The van der Waals surface area contributed by atoms with Gasteiger partial charge in [-0.25, -0.2) is 9.89 Å². The Morgan fingerprint density at radius 2 is 1.71 bits per heavy atom. The third-order valence-corrected chi connectivity index (χ3v) is 7.11. The number of benzene rings is 3. The van der Waals surface area contributed by atoms with Gasteiger partial charge in [0.15, 0.2) is 5.17 Å². The van der Waals surface area contributed by atoms with E-state index in [0.29, 0.717) is 24.0 Å². The Bertz CT molecular complexity index is 1320. The Hall–Kier alpha value is -3.71. The fraction of sp³-hybridized carbons (Fsp3) is 0.214. The monoisotopic (exact) mass is 482 g/mol. The molecule has 3 aromatic carbocycles. The molecule has 2 amide bonds. The number of aliphatic imine (C=N–C) groups is 2. The van der Waals surface area contributed by atoms with E-state index in [1.807, 2.05) is 92.7 Å². The summed E-state index contributed by atoms with van der Waals surface area (Å²) in [6, 6.07) is 25.1. The van der Waals surface area contributed by atoms with Crippen LogP contribution in [0.1, 0.15) is 29.2 Å². The van der Waals surface area contributed by atoms with Crippen LogP contribution in [0.3, 0.4) is 0 Å². The van der Waals surface area contributed by atoms with Gasteiger partial charge in [0.25, 0.3) is 5.91 Å². The Morgan fingerprint density at radius 1 is 1.00 bits per heavy atom. The molecule has 7 heteroatoms. The SMILES string of the molecule is Cc1ccc(CNC(=O)[C@H](C)SC2=Nc3ccccc3C3=N[C@@H](Cc4ccccc4)C(=O)N23)cc1. The molecule has 2 aliphatic heterocycles. The van der Waals surface area contributed by atoms with Gasteiger partial charge in [-0.05, 0) is 37.1 Å². The third kappa shape index (κ3) is 4.91. The lowest BCUT2D eigenvalue weighted by Crippen LogP contribution is -2.43. The highest BCUT2D eigenvalue weighted by molar-refractivity contribution is 8.15. The van der Waals surface area contributed by atoms with Gasteiger partial charge in [0.05, 0.1) is 10.9 Å². The highest BCUT2D eigenvalue weighted by Gasteiger charge is 2.42. The molecule has 5 rings (SSSR count). The fourth-order valence-electron chi connectivity index (χ4n) is 4.10. The van der Waals surface area contributed by atoms with Crippen LogP contribution in [0.5, 0.6) is 0 Å². The van der Waals surface area contributed by atoms with Crippen LogP contribution in [-0.4, -0.2) is 39.0 Å². The molecule has 2 heterocycles. The summed E-state index contributed by atoms with van der Waals surface area (Å²) in [4.78, 5) is 37.5. The number of nitrogens with zero attached hydrogens (tertiary/aromatic N) is 3. The number of hydrogen-bond acceptors (Lipinski definition) is 5. The van der Waals surface area contributed by atoms with Crippen LogP contribution in [0.25, 0.3) is 0 Å². The van der Waals surface area contributed by atoms with Crippen molar-refractivity contribution in [3.05, 3.63) is 101 Å². The van der Waals surface area contributed by atoms with Crippen LogP contribution in [-0.2, 0) is 22.6 Å². The van der Waals surface area contributed by atoms with E-state index in [9.17, 15) is 9.59 Å². The maximum Gasteiger partial charge on any atom is 0.259 e. The van der Waals surface area contributed by atoms with E-state index in [2.05, 4.69) is 5.32 Å². The molecule has 0 fully saturated rings. The molecule has 0 bridgehead atoms. The molecule has 35 heavy (non-hydrogen) atoms. The summed E-state index contributed by atoms with van der Waals surface area (Å²) >= 11 is 1.28. The highest BCUT2D eigenvalue weighted by Crippen LogP contribution is 2.35. The quantitative estimate of drug-likeness (QED) is 0.557. The van der Waals surface area contributed by atoms with Crippen LogP contribution in [0, 0.1) is 6.92 Å². The van der Waals surface area contributed by atoms with Crippen molar-refractivity contribution in [2.45, 2.75) is 38.1 Å². The average molecular weight is 483 g/mol. The first-order chi connectivity index (χ1) is 17.0. The molecular weight excluding hydrogens is 456 g/mol. The van der Waals surface area contributed by atoms with Gasteiger partial charge >= 0.3 is 0 Å². The van der Waals surface area contributed by atoms with Crippen molar-refractivity contribution in [3.63, 3.8) is 0 Å². The molecular formula is C28H26N4O2S. The Labute approximate surface area is 209 Å². The third-order valence-electron chi connectivity index (χ3n) is 6.06. The van der Waals surface area contributed by atoms with Crippen molar-refractivity contribution in [2.75, 3.05) is 0 Å². The average Bonchev–Trinajstić information content (AvgIpc) is 3.20. The van der Waals surface area contributed by atoms with Crippen molar-refractivity contribution in [1.82, 2.24) is 10.2 Å². The lowest BCUT2D eigenvalue weighted by Gasteiger charge is -2.27. The zero-order chi connectivity index (χ0) is 24.4. The van der Waals surface area contributed by atoms with Gasteiger partial charge < -0.3 is 5.32 Å². The minimum absolute atomic E-state index is 0.108. The van der Waals surface area contributed by atoms with Gasteiger partial charge in [-0.2, -0.15) is 0 Å². The number of nitrogens with one attached hydrogen (secondary N) is 1. The van der Waals surface area contributed by atoms with Crippen LogP contribution >= 0.6 is 11.8 Å². The molecule has 1 N–H and O–H groups in total. The number of amides is 2. The van der Waals surface area contributed by atoms with Crippen molar-refractivity contribution in [3.8, 4) is 0 Å². The van der Waals surface area contributed by atoms with Crippen LogP contribution in [0.4, 0.5) is 5.69 Å². The second-order valence-corrected chi connectivity index (χ2v) is 10.0. The molecule has 0 unspecified atom stereocenters. The molecule has 3 aromatic rings. The van der Waals surface area contributed by atoms with E-state index in [4.69, 9.17) is 9.98 Å². The first kappa shape index (κ1) is 23.1. The highest BCUT2D eigenvalue weighted by atomic mass is 32.2. The zero-order valence-electron chi connectivity index (χ0n) is 19.6. The summed E-state index contributed by atoms with van der Waals surface area (Å²) in [5.41, 5.74) is 4.86. The second kappa shape index (κ2) is 9.88. The number of amidine groups is 2. The summed E-state index contributed by atoms with van der Waals surface area (Å²) in [6.45, 7) is 4.32. The van der Waals surface area contributed by atoms with Gasteiger partial charge in [-0.1, -0.05) is 84.1 Å². The molecule has 0 aliphatic carbocycles. The first-order valence-corrected chi connectivity index (χ1v) is 12.5. The standard InChI is InChI=1S/C28H26N4O2S/c1-18-12-14-21(15-13-18)17-29-26(33)19(2)35-28-31-23-11-7-6-10-22(23)25-30-24(27(34)32(25)28)16-20-8-4-3-5-9-20/h3-15,19,24H,16-17H2,1-2H3,(H,29,33)/t19-,24-/m0/s1. The molecule has 0 aromatic heterocycles. The topological polar surface area (TPSA) is 74.1 Å². The molecule has 0 spiro atoms. The Kier molecular flexibility index (Phi) is 6.51. The van der Waals surface area contributed by atoms with Crippen LogP contribution in [0.15, 0.2) is 88.8 Å². The van der Waals surface area contributed by atoms with Crippen molar-refractivity contribution >= 4 is 40.3 Å². The summed E-state index contributed by atoms with van der Waals surface area (Å²) in [5.74, 6) is 0.385. The largest absolute Gasteiger partial charge is 0.351 e. The fourth-order valence-corrected chi connectivity index (χ4v) is 5.04. The maximum atomic E-state index is 13.5. The molecule has 2 aliphatic rings. The van der Waals surface area contributed by atoms with Crippen LogP contribution < -0.4 is 5.32 Å². The van der Waals surface area contributed by atoms with Gasteiger partial charge in [0, 0.05) is 18.5 Å². The normalized spacial score (nSPS) is 17.3. The molecule has 0 radical (unpaired) electrons. The van der Waals surface area contributed by atoms with E-state index in [1.165, 1.54) is 17.3 Å². The molecule has 6 nitrogen and oxygen atoms in total. The maximum absolute atomic E-state index is 13.5. The summed E-state index contributed by atoms with van der Waals surface area (Å²) in [5, 5.41) is 3.04. The number of para-hydroxylation sites is 1. The number of thioether (sulfide) groups is 1. The lowest BCUT2D eigenvalue weighted by atomic mass is 10.1. The van der Waals surface area contributed by atoms with E-state index < -0.39 is 11.3 Å². The number of aryl methyl sites for hydroxylation is 1. The van der Waals surface area contributed by atoms with Gasteiger partial charge in [-0.3, -0.25) is 14.6 Å². The minimum Gasteiger partial charge on any atom is -0.351 e. The van der Waals surface area contributed by atoms with Crippen LogP contribution in [0.2, 0.25) is 0 Å². The second-order valence-electron chi connectivity index (χ2n) is 8.71. The number of rotatable bonds is 6. The van der Waals surface area contributed by atoms with Gasteiger partial charge in [0.2, 0.25) is 5.91 Å². The molecule has 176 valence electrons. The van der Waals surface area contributed by atoms with Crippen molar-refractivity contribution < 1.29 is 9.59 Å².